The van der Waals surface area contributed by atoms with Crippen molar-refractivity contribution >= 4 is 46.5 Å². The largest absolute Gasteiger partial charge is 1.00 e. The van der Waals surface area contributed by atoms with Crippen LogP contribution in [0, 0.1) is 0 Å². The van der Waals surface area contributed by atoms with Crippen LogP contribution in [0.15, 0.2) is 119 Å². The van der Waals surface area contributed by atoms with Gasteiger partial charge < -0.3 is 12.4 Å². The van der Waals surface area contributed by atoms with Gasteiger partial charge >= 0.3 is 0 Å². The van der Waals surface area contributed by atoms with Crippen molar-refractivity contribution in [2.45, 2.75) is 9.79 Å². The summed E-state index contributed by atoms with van der Waals surface area (Å²) in [7, 11) is -1.76. The first-order chi connectivity index (χ1) is 13.7. The van der Waals surface area contributed by atoms with E-state index in [0.29, 0.717) is 0 Å². The maximum absolute atomic E-state index is 6.07. The summed E-state index contributed by atoms with van der Waals surface area (Å²) in [5.74, 6) is 0. The molecule has 146 valence electrons. The van der Waals surface area contributed by atoms with Crippen molar-refractivity contribution in [1.82, 2.24) is 0 Å². The molecule has 4 aromatic rings. The van der Waals surface area contributed by atoms with Crippen LogP contribution in [0.1, 0.15) is 0 Å². The zero-order chi connectivity index (χ0) is 19.4. The average molecular weight is 455 g/mol. The molecule has 0 amide bonds. The summed E-state index contributed by atoms with van der Waals surface area (Å²) in [6, 6.07) is 38.7. The molecule has 0 spiro atoms. The van der Waals surface area contributed by atoms with E-state index < -0.39 is 7.26 Å². The molecule has 0 fully saturated rings. The summed E-state index contributed by atoms with van der Waals surface area (Å²) in [4.78, 5) is 2.50. The molecule has 0 unspecified atom stereocenters. The quantitative estimate of drug-likeness (QED) is 0.416. The molecule has 0 saturated heterocycles. The lowest BCUT2D eigenvalue weighted by molar-refractivity contribution is -0.00000531. The van der Waals surface area contributed by atoms with Crippen molar-refractivity contribution in [3.05, 3.63) is 114 Å². The molecule has 0 radical (unpaired) electrons. The van der Waals surface area contributed by atoms with E-state index in [4.69, 9.17) is 11.6 Å². The van der Waals surface area contributed by atoms with Crippen molar-refractivity contribution < 1.29 is 12.4 Å². The van der Waals surface area contributed by atoms with Crippen LogP contribution in [0.25, 0.3) is 0 Å². The molecule has 0 nitrogen and oxygen atoms in total. The average Bonchev–Trinajstić information content (AvgIpc) is 2.76. The molecule has 0 aliphatic rings. The standard InChI is InChI=1S/C25H21ClPS.ClH/c1-27(21-10-4-2-5-11-21,22-12-6-3-7-13-22)24-14-8-9-15-25(24)28-23-18-16-20(26)17-19-23;/h2-19H,1H3;1H/q+1;/p-1. The van der Waals surface area contributed by atoms with E-state index in [2.05, 4.69) is 104 Å². The van der Waals surface area contributed by atoms with E-state index in [-0.39, 0.29) is 12.4 Å². The Morgan fingerprint density at radius 1 is 0.621 bits per heavy atom. The smallest absolute Gasteiger partial charge is 0.118 e. The SMILES string of the molecule is C[P+](c1ccccc1)(c1ccccc1)c1ccccc1Sc1ccc(Cl)cc1.[Cl-]. The Morgan fingerprint density at radius 2 is 1.10 bits per heavy atom. The molecule has 0 aliphatic heterocycles. The fraction of sp³-hybridized carbons (Fsp3) is 0.0400. The Labute approximate surface area is 189 Å². The minimum absolute atomic E-state index is 0. The molecule has 0 N–H and O–H groups in total. The van der Waals surface area contributed by atoms with Gasteiger partial charge in [-0.2, -0.15) is 0 Å². The van der Waals surface area contributed by atoms with Crippen LogP contribution in [0.2, 0.25) is 5.02 Å². The van der Waals surface area contributed by atoms with Gasteiger partial charge in [0, 0.05) is 9.92 Å². The van der Waals surface area contributed by atoms with Crippen LogP contribution < -0.4 is 28.3 Å². The molecule has 0 atom stereocenters. The molecule has 0 aliphatic carbocycles. The molecule has 0 heterocycles. The third-order valence-electron chi connectivity index (χ3n) is 4.93. The third kappa shape index (κ3) is 4.71. The van der Waals surface area contributed by atoms with Gasteiger partial charge in [-0.3, -0.25) is 0 Å². The minimum atomic E-state index is -1.76. The van der Waals surface area contributed by atoms with Gasteiger partial charge in [-0.15, -0.1) is 0 Å². The molecule has 4 rings (SSSR count). The van der Waals surface area contributed by atoms with Crippen molar-refractivity contribution in [3.63, 3.8) is 0 Å². The maximum Gasteiger partial charge on any atom is 0.118 e. The Balaban J connectivity index is 0.00000240. The van der Waals surface area contributed by atoms with Gasteiger partial charge in [0.05, 0.1) is 11.6 Å². The summed E-state index contributed by atoms with van der Waals surface area (Å²) in [6.07, 6.45) is 0. The molecule has 0 aromatic heterocycles. The van der Waals surface area contributed by atoms with Crippen molar-refractivity contribution in [1.29, 1.82) is 0 Å². The van der Waals surface area contributed by atoms with E-state index in [0.717, 1.165) is 5.02 Å². The fourth-order valence-corrected chi connectivity index (χ4v) is 8.37. The number of hydrogen-bond donors (Lipinski definition) is 0. The first kappa shape index (κ1) is 21.9. The van der Waals surface area contributed by atoms with Crippen LogP contribution >= 0.6 is 30.6 Å². The van der Waals surface area contributed by atoms with E-state index in [1.54, 1.807) is 0 Å². The summed E-state index contributed by atoms with van der Waals surface area (Å²) in [5.41, 5.74) is 0. The van der Waals surface area contributed by atoms with Crippen LogP contribution in [0.5, 0.6) is 0 Å². The molecule has 0 saturated carbocycles. The fourth-order valence-electron chi connectivity index (χ4n) is 3.42. The van der Waals surface area contributed by atoms with Crippen molar-refractivity contribution in [2.24, 2.45) is 0 Å². The number of hydrogen-bond acceptors (Lipinski definition) is 1. The Morgan fingerprint density at radius 3 is 1.66 bits per heavy atom. The number of halogens is 2. The third-order valence-corrected chi connectivity index (χ3v) is 10.4. The van der Waals surface area contributed by atoms with Gasteiger partial charge in [-0.1, -0.05) is 71.9 Å². The molecule has 29 heavy (non-hydrogen) atoms. The second-order valence-corrected chi connectivity index (χ2v) is 11.8. The van der Waals surface area contributed by atoms with Gasteiger partial charge in [0.2, 0.25) is 0 Å². The van der Waals surface area contributed by atoms with Crippen LogP contribution in [-0.4, -0.2) is 6.66 Å². The monoisotopic (exact) mass is 454 g/mol. The number of benzene rings is 4. The highest BCUT2D eigenvalue weighted by Crippen LogP contribution is 2.53. The Kier molecular flexibility index (Phi) is 7.44. The Bertz CT molecular complexity index is 1010. The van der Waals surface area contributed by atoms with E-state index in [1.807, 2.05) is 23.9 Å². The molecular weight excluding hydrogens is 434 g/mol. The zero-order valence-corrected chi connectivity index (χ0v) is 19.2. The van der Waals surface area contributed by atoms with Gasteiger partial charge in [0.1, 0.15) is 23.2 Å². The van der Waals surface area contributed by atoms with Gasteiger partial charge in [0.25, 0.3) is 0 Å². The molecule has 0 bridgehead atoms. The van der Waals surface area contributed by atoms with Crippen molar-refractivity contribution in [2.75, 3.05) is 6.66 Å². The summed E-state index contributed by atoms with van der Waals surface area (Å²) < 4.78 is 0. The van der Waals surface area contributed by atoms with Gasteiger partial charge in [-0.05, 0) is 60.7 Å². The van der Waals surface area contributed by atoms with E-state index in [1.165, 1.54) is 25.7 Å². The highest BCUT2D eigenvalue weighted by atomic mass is 35.5. The molecular formula is C25H21Cl2PS. The highest BCUT2D eigenvalue weighted by molar-refractivity contribution is 8.01. The second kappa shape index (κ2) is 9.83. The first-order valence-corrected chi connectivity index (χ1v) is 12.6. The topological polar surface area (TPSA) is 0 Å². The lowest BCUT2D eigenvalue weighted by Gasteiger charge is -2.25. The maximum atomic E-state index is 6.07. The van der Waals surface area contributed by atoms with Gasteiger partial charge in [-0.25, -0.2) is 0 Å². The van der Waals surface area contributed by atoms with Crippen LogP contribution in [0.3, 0.4) is 0 Å². The molecule has 4 heteroatoms. The summed E-state index contributed by atoms with van der Waals surface area (Å²) in [5, 5.41) is 4.96. The lowest BCUT2D eigenvalue weighted by Crippen LogP contribution is -3.00. The first-order valence-electron chi connectivity index (χ1n) is 9.19. The van der Waals surface area contributed by atoms with Crippen LogP contribution in [0.4, 0.5) is 0 Å². The lowest BCUT2D eigenvalue weighted by atomic mass is 10.3. The van der Waals surface area contributed by atoms with Crippen molar-refractivity contribution in [3.8, 4) is 0 Å². The zero-order valence-electron chi connectivity index (χ0n) is 16.0. The highest BCUT2D eigenvalue weighted by Gasteiger charge is 2.41. The normalized spacial score (nSPS) is 11.0. The second-order valence-electron chi connectivity index (χ2n) is 6.70. The van der Waals surface area contributed by atoms with E-state index in [9.17, 15) is 0 Å². The molecule has 4 aromatic carbocycles. The minimum Gasteiger partial charge on any atom is -1.00 e. The Hall–Kier alpha value is -1.76. The summed E-state index contributed by atoms with van der Waals surface area (Å²) in [6.45, 7) is 2.43. The van der Waals surface area contributed by atoms with Crippen LogP contribution in [-0.2, 0) is 0 Å². The summed E-state index contributed by atoms with van der Waals surface area (Å²) >= 11 is 7.88. The predicted octanol–water partition coefficient (Wildman–Crippen LogP) is 3.42. The van der Waals surface area contributed by atoms with Gasteiger partial charge in [0.15, 0.2) is 0 Å². The number of rotatable bonds is 5. The predicted molar refractivity (Wildman–Crippen MR) is 127 cm³/mol. The van der Waals surface area contributed by atoms with E-state index >= 15 is 0 Å².